The van der Waals surface area contributed by atoms with Crippen molar-refractivity contribution in [3.05, 3.63) is 35.0 Å². The molecule has 1 fully saturated rings. The number of thiophene rings is 1. The van der Waals surface area contributed by atoms with E-state index in [1.165, 1.54) is 4.88 Å². The fourth-order valence-electron chi connectivity index (χ4n) is 2.67. The minimum Gasteiger partial charge on any atom is -0.444 e. The van der Waals surface area contributed by atoms with Crippen LogP contribution in [0.15, 0.2) is 30.2 Å². The third-order valence-electron chi connectivity index (χ3n) is 3.58. The lowest BCUT2D eigenvalue weighted by Gasteiger charge is -2.36. The van der Waals surface area contributed by atoms with Gasteiger partial charge in [0, 0.05) is 17.8 Å². The monoisotopic (exact) mass is 293 g/mol. The van der Waals surface area contributed by atoms with Crippen LogP contribution in [0.2, 0.25) is 0 Å². The van der Waals surface area contributed by atoms with Crippen LogP contribution in [0, 0.1) is 0 Å². The summed E-state index contributed by atoms with van der Waals surface area (Å²) in [7, 11) is 0. The van der Waals surface area contributed by atoms with Gasteiger partial charge >= 0.3 is 6.09 Å². The van der Waals surface area contributed by atoms with Crippen LogP contribution in [0.3, 0.4) is 0 Å². The van der Waals surface area contributed by atoms with Gasteiger partial charge < -0.3 is 4.74 Å². The normalized spacial score (nSPS) is 22.9. The molecule has 1 saturated heterocycles. The number of nitrogens with zero attached hydrogens (tertiary/aromatic N) is 1. The molecule has 110 valence electrons. The van der Waals surface area contributed by atoms with Crippen molar-refractivity contribution in [3.63, 3.8) is 0 Å². The van der Waals surface area contributed by atoms with Gasteiger partial charge in [0.05, 0.1) is 5.54 Å². The summed E-state index contributed by atoms with van der Waals surface area (Å²) in [5.74, 6) is 0. The van der Waals surface area contributed by atoms with E-state index in [0.717, 1.165) is 25.8 Å². The van der Waals surface area contributed by atoms with Crippen LogP contribution < -0.4 is 0 Å². The first-order valence-electron chi connectivity index (χ1n) is 7.03. The maximum atomic E-state index is 12.4. The van der Waals surface area contributed by atoms with Crippen LogP contribution in [0.25, 0.3) is 0 Å². The molecule has 1 aliphatic heterocycles. The third-order valence-corrected chi connectivity index (χ3v) is 4.46. The van der Waals surface area contributed by atoms with Gasteiger partial charge in [0.25, 0.3) is 0 Å². The van der Waals surface area contributed by atoms with Crippen molar-refractivity contribution < 1.29 is 9.53 Å². The molecule has 0 N–H and O–H groups in total. The van der Waals surface area contributed by atoms with Crippen LogP contribution in [-0.2, 0) is 11.2 Å². The van der Waals surface area contributed by atoms with Crippen LogP contribution in [0.1, 0.15) is 38.5 Å². The molecule has 0 aliphatic carbocycles. The zero-order valence-corrected chi connectivity index (χ0v) is 13.3. The highest BCUT2D eigenvalue weighted by atomic mass is 32.1. The van der Waals surface area contributed by atoms with E-state index in [1.54, 1.807) is 11.3 Å². The van der Waals surface area contributed by atoms with E-state index in [2.05, 4.69) is 18.0 Å². The van der Waals surface area contributed by atoms with Gasteiger partial charge in [-0.1, -0.05) is 12.1 Å². The van der Waals surface area contributed by atoms with E-state index in [1.807, 2.05) is 37.8 Å². The largest absolute Gasteiger partial charge is 0.444 e. The van der Waals surface area contributed by atoms with Crippen LogP contribution in [-0.4, -0.2) is 28.7 Å². The summed E-state index contributed by atoms with van der Waals surface area (Å²) < 4.78 is 5.54. The van der Waals surface area contributed by atoms with E-state index >= 15 is 0 Å². The molecule has 0 aromatic carbocycles. The zero-order chi connectivity index (χ0) is 14.8. The molecule has 0 spiro atoms. The molecule has 20 heavy (non-hydrogen) atoms. The molecule has 1 amide bonds. The molecule has 1 aromatic rings. The number of carbonyl (C=O) groups excluding carboxylic acids is 1. The Morgan fingerprint density at radius 1 is 1.60 bits per heavy atom. The Morgan fingerprint density at radius 3 is 2.90 bits per heavy atom. The second-order valence-electron chi connectivity index (χ2n) is 6.30. The first kappa shape index (κ1) is 15.1. The number of ether oxygens (including phenoxy) is 1. The summed E-state index contributed by atoms with van der Waals surface area (Å²) in [5.41, 5.74) is -0.761. The number of likely N-dealkylation sites (tertiary alicyclic amines) is 1. The van der Waals surface area contributed by atoms with Gasteiger partial charge in [-0.15, -0.1) is 17.9 Å². The second-order valence-corrected chi connectivity index (χ2v) is 7.33. The summed E-state index contributed by atoms with van der Waals surface area (Å²) in [6.07, 6.45) is 4.47. The van der Waals surface area contributed by atoms with Crippen molar-refractivity contribution in [2.45, 2.75) is 51.2 Å². The van der Waals surface area contributed by atoms with Crippen molar-refractivity contribution in [2.75, 3.05) is 6.54 Å². The minimum absolute atomic E-state index is 0.230. The standard InChI is InChI=1S/C16H23NO2S/c1-5-16(12-13-8-6-11-20-13)9-7-10-17(16)14(18)19-15(2,3)4/h5-6,8,11H,1,7,9-10,12H2,2-4H3/t16-/m1/s1. The van der Waals surface area contributed by atoms with E-state index < -0.39 is 5.60 Å². The second kappa shape index (κ2) is 5.60. The van der Waals surface area contributed by atoms with Crippen molar-refractivity contribution >= 4 is 17.4 Å². The first-order valence-corrected chi connectivity index (χ1v) is 7.91. The fraction of sp³-hybridized carbons (Fsp3) is 0.562. The summed E-state index contributed by atoms with van der Waals surface area (Å²) in [5, 5.41) is 2.07. The number of amides is 1. The smallest absolute Gasteiger partial charge is 0.411 e. The minimum atomic E-state index is -0.463. The molecule has 2 heterocycles. The number of carbonyl (C=O) groups is 1. The molecule has 2 rings (SSSR count). The van der Waals surface area contributed by atoms with E-state index in [-0.39, 0.29) is 11.6 Å². The van der Waals surface area contributed by atoms with Gasteiger partial charge in [0.2, 0.25) is 0 Å². The molecule has 1 aliphatic rings. The Kier molecular flexibility index (Phi) is 4.23. The summed E-state index contributed by atoms with van der Waals surface area (Å²) in [6, 6.07) is 4.16. The topological polar surface area (TPSA) is 29.5 Å². The van der Waals surface area contributed by atoms with Gasteiger partial charge in [-0.05, 0) is 45.1 Å². The van der Waals surface area contributed by atoms with Gasteiger partial charge in [-0.25, -0.2) is 4.79 Å². The van der Waals surface area contributed by atoms with Crippen LogP contribution in [0.5, 0.6) is 0 Å². The molecule has 0 unspecified atom stereocenters. The van der Waals surface area contributed by atoms with Gasteiger partial charge in [0.1, 0.15) is 5.60 Å². The van der Waals surface area contributed by atoms with Gasteiger partial charge in [0.15, 0.2) is 0 Å². The molecule has 3 nitrogen and oxygen atoms in total. The maximum Gasteiger partial charge on any atom is 0.411 e. The Balaban J connectivity index is 2.18. The maximum absolute atomic E-state index is 12.4. The lowest BCUT2D eigenvalue weighted by molar-refractivity contribution is 0.0149. The number of rotatable bonds is 3. The van der Waals surface area contributed by atoms with Gasteiger partial charge in [-0.3, -0.25) is 4.90 Å². The Morgan fingerprint density at radius 2 is 2.35 bits per heavy atom. The molecular weight excluding hydrogens is 270 g/mol. The summed E-state index contributed by atoms with van der Waals surface area (Å²) >= 11 is 1.72. The van der Waals surface area contributed by atoms with Crippen molar-refractivity contribution in [3.8, 4) is 0 Å². The third kappa shape index (κ3) is 3.23. The summed E-state index contributed by atoms with van der Waals surface area (Å²) in [4.78, 5) is 15.6. The van der Waals surface area contributed by atoms with Gasteiger partial charge in [-0.2, -0.15) is 0 Å². The SMILES string of the molecule is C=C[C@]1(Cc2cccs2)CCCN1C(=O)OC(C)(C)C. The molecule has 1 aromatic heterocycles. The molecule has 1 atom stereocenters. The Hall–Kier alpha value is -1.29. The Labute approximate surface area is 125 Å². The Bertz CT molecular complexity index is 475. The van der Waals surface area contributed by atoms with Crippen LogP contribution >= 0.6 is 11.3 Å². The zero-order valence-electron chi connectivity index (χ0n) is 12.5. The predicted octanol–water partition coefficient (Wildman–Crippen LogP) is 4.25. The number of hydrogen-bond donors (Lipinski definition) is 0. The van der Waals surface area contributed by atoms with Crippen molar-refractivity contribution in [2.24, 2.45) is 0 Å². The molecule has 0 saturated carbocycles. The highest BCUT2D eigenvalue weighted by Crippen LogP contribution is 2.36. The molecule has 0 bridgehead atoms. The lowest BCUT2D eigenvalue weighted by Crippen LogP contribution is -2.49. The van der Waals surface area contributed by atoms with Crippen molar-refractivity contribution in [1.29, 1.82) is 0 Å². The van der Waals surface area contributed by atoms with E-state index in [9.17, 15) is 4.79 Å². The molecule has 4 heteroatoms. The molecular formula is C16H23NO2S. The average molecular weight is 293 g/mol. The van der Waals surface area contributed by atoms with Crippen molar-refractivity contribution in [1.82, 2.24) is 4.90 Å². The molecule has 0 radical (unpaired) electrons. The highest BCUT2D eigenvalue weighted by Gasteiger charge is 2.43. The first-order chi connectivity index (χ1) is 9.36. The van der Waals surface area contributed by atoms with Crippen LogP contribution in [0.4, 0.5) is 4.79 Å². The highest BCUT2D eigenvalue weighted by molar-refractivity contribution is 7.09. The van der Waals surface area contributed by atoms with E-state index in [4.69, 9.17) is 4.74 Å². The lowest BCUT2D eigenvalue weighted by atomic mass is 9.91. The number of hydrogen-bond acceptors (Lipinski definition) is 3. The quantitative estimate of drug-likeness (QED) is 0.780. The average Bonchev–Trinajstić information content (AvgIpc) is 2.97. The fourth-order valence-corrected chi connectivity index (χ4v) is 3.50. The predicted molar refractivity (Wildman–Crippen MR) is 83.1 cm³/mol. The van der Waals surface area contributed by atoms with E-state index in [0.29, 0.717) is 0 Å². The summed E-state index contributed by atoms with van der Waals surface area (Å²) in [6.45, 7) is 10.4.